The van der Waals surface area contributed by atoms with E-state index in [0.29, 0.717) is 13.2 Å². The lowest BCUT2D eigenvalue weighted by Gasteiger charge is -2.18. The lowest BCUT2D eigenvalue weighted by Crippen LogP contribution is -2.21. The monoisotopic (exact) mass is 267 g/mol. The zero-order chi connectivity index (χ0) is 14.7. The second kappa shape index (κ2) is 11.0. The van der Waals surface area contributed by atoms with Crippen molar-refractivity contribution in [3.8, 4) is 0 Å². The van der Waals surface area contributed by atoms with Crippen LogP contribution < -0.4 is 0 Å². The zero-order valence-electron chi connectivity index (χ0n) is 12.8. The Morgan fingerprint density at radius 2 is 1.89 bits per heavy atom. The van der Waals surface area contributed by atoms with Gasteiger partial charge in [0.1, 0.15) is 0 Å². The van der Waals surface area contributed by atoms with E-state index in [1.165, 1.54) is 0 Å². The molecule has 0 saturated carbocycles. The van der Waals surface area contributed by atoms with Gasteiger partial charge < -0.3 is 14.4 Å². The van der Waals surface area contributed by atoms with Crippen LogP contribution in [0.4, 0.5) is 0 Å². The van der Waals surface area contributed by atoms with Gasteiger partial charge >= 0.3 is 0 Å². The Hall–Kier alpha value is -0.900. The Morgan fingerprint density at radius 3 is 2.42 bits per heavy atom. The molecule has 0 spiro atoms. The van der Waals surface area contributed by atoms with Crippen LogP contribution in [0.1, 0.15) is 19.8 Å². The van der Waals surface area contributed by atoms with Gasteiger partial charge in [0.05, 0.1) is 25.9 Å². The molecule has 0 rings (SSSR count). The summed E-state index contributed by atoms with van der Waals surface area (Å²) < 4.78 is 11.3. The van der Waals surface area contributed by atoms with Crippen LogP contribution in [0, 0.1) is 0 Å². The van der Waals surface area contributed by atoms with Crippen LogP contribution in [0.15, 0.2) is 37.0 Å². The van der Waals surface area contributed by atoms with E-state index in [9.17, 15) is 0 Å². The number of likely N-dealkylation sites (N-methyl/N-ethyl adjacent to an activating group) is 1. The molecule has 0 N–H and O–H groups in total. The second-order valence-electron chi connectivity index (χ2n) is 5.02. The Balaban J connectivity index is 3.74. The summed E-state index contributed by atoms with van der Waals surface area (Å²) in [7, 11) is 4.06. The van der Waals surface area contributed by atoms with Crippen LogP contribution in [-0.4, -0.2) is 51.5 Å². The van der Waals surface area contributed by atoms with Gasteiger partial charge in [-0.25, -0.2) is 0 Å². The normalized spacial score (nSPS) is 12.4. The number of nitrogens with zero attached hydrogens (tertiary/aromatic N) is 1. The SMILES string of the molecule is C=CC(=C)CCC(OCCOCCN(C)C)C(=C)C. The standard InChI is InChI=1S/C16H29NO2/c1-7-15(4)8-9-16(14(2)3)19-13-12-18-11-10-17(5)6/h7,16H,1-2,4,8-13H2,3,5-6H3. The van der Waals surface area contributed by atoms with Crippen LogP contribution in [-0.2, 0) is 9.47 Å². The smallest absolute Gasteiger partial charge is 0.0784 e. The van der Waals surface area contributed by atoms with Gasteiger partial charge in [-0.3, -0.25) is 0 Å². The highest BCUT2D eigenvalue weighted by Crippen LogP contribution is 2.14. The molecule has 1 unspecified atom stereocenters. The number of hydrogen-bond donors (Lipinski definition) is 0. The van der Waals surface area contributed by atoms with E-state index in [4.69, 9.17) is 9.47 Å². The van der Waals surface area contributed by atoms with Crippen molar-refractivity contribution >= 4 is 0 Å². The summed E-state index contributed by atoms with van der Waals surface area (Å²) in [5, 5.41) is 0. The molecular weight excluding hydrogens is 238 g/mol. The molecule has 0 radical (unpaired) electrons. The number of allylic oxidation sites excluding steroid dienone is 2. The number of ether oxygens (including phenoxy) is 2. The predicted molar refractivity (Wildman–Crippen MR) is 82.5 cm³/mol. The first-order valence-corrected chi connectivity index (χ1v) is 6.77. The lowest BCUT2D eigenvalue weighted by molar-refractivity contribution is 0.0137. The van der Waals surface area contributed by atoms with E-state index in [1.54, 1.807) is 6.08 Å². The van der Waals surface area contributed by atoms with Gasteiger partial charge in [0, 0.05) is 6.54 Å². The molecule has 0 fully saturated rings. The minimum atomic E-state index is 0.0779. The third-order valence-corrected chi connectivity index (χ3v) is 2.80. The molecular formula is C16H29NO2. The first-order chi connectivity index (χ1) is 8.97. The lowest BCUT2D eigenvalue weighted by atomic mass is 10.0. The van der Waals surface area contributed by atoms with Crippen molar-refractivity contribution in [1.29, 1.82) is 0 Å². The minimum absolute atomic E-state index is 0.0779. The molecule has 1 atom stereocenters. The van der Waals surface area contributed by atoms with Gasteiger partial charge in [-0.15, -0.1) is 0 Å². The molecule has 3 nitrogen and oxygen atoms in total. The maximum atomic E-state index is 5.79. The van der Waals surface area contributed by atoms with E-state index in [-0.39, 0.29) is 6.10 Å². The van der Waals surface area contributed by atoms with Crippen LogP contribution in [0.25, 0.3) is 0 Å². The average molecular weight is 267 g/mol. The average Bonchev–Trinajstić information content (AvgIpc) is 2.35. The van der Waals surface area contributed by atoms with Crippen LogP contribution in [0.3, 0.4) is 0 Å². The highest BCUT2D eigenvalue weighted by molar-refractivity contribution is 5.12. The molecule has 3 heteroatoms. The highest BCUT2D eigenvalue weighted by Gasteiger charge is 2.09. The van der Waals surface area contributed by atoms with E-state index < -0.39 is 0 Å². The van der Waals surface area contributed by atoms with Gasteiger partial charge in [-0.1, -0.05) is 37.0 Å². The van der Waals surface area contributed by atoms with E-state index >= 15 is 0 Å². The number of hydrogen-bond acceptors (Lipinski definition) is 3. The maximum absolute atomic E-state index is 5.79. The summed E-state index contributed by atoms with van der Waals surface area (Å²) in [5.74, 6) is 0. The van der Waals surface area contributed by atoms with E-state index in [0.717, 1.165) is 37.1 Å². The first-order valence-electron chi connectivity index (χ1n) is 6.77. The van der Waals surface area contributed by atoms with Crippen molar-refractivity contribution in [3.63, 3.8) is 0 Å². The molecule has 0 aliphatic heterocycles. The summed E-state index contributed by atoms with van der Waals surface area (Å²) in [4.78, 5) is 2.10. The Bertz CT molecular complexity index is 284. The Kier molecular flexibility index (Phi) is 10.5. The van der Waals surface area contributed by atoms with Crippen molar-refractivity contribution in [2.45, 2.75) is 25.9 Å². The van der Waals surface area contributed by atoms with Gasteiger partial charge in [-0.2, -0.15) is 0 Å². The fourth-order valence-electron chi connectivity index (χ4n) is 1.49. The third kappa shape index (κ3) is 10.7. The molecule has 0 aromatic rings. The first kappa shape index (κ1) is 18.1. The molecule has 19 heavy (non-hydrogen) atoms. The van der Waals surface area contributed by atoms with Crippen molar-refractivity contribution < 1.29 is 9.47 Å². The largest absolute Gasteiger partial charge is 0.378 e. The Morgan fingerprint density at radius 1 is 1.21 bits per heavy atom. The summed E-state index contributed by atoms with van der Waals surface area (Å²) in [6.07, 6.45) is 3.66. The van der Waals surface area contributed by atoms with E-state index in [1.807, 2.05) is 21.0 Å². The maximum Gasteiger partial charge on any atom is 0.0784 e. The summed E-state index contributed by atoms with van der Waals surface area (Å²) in [6.45, 7) is 16.5. The molecule has 0 aromatic carbocycles. The van der Waals surface area contributed by atoms with Crippen molar-refractivity contribution in [2.24, 2.45) is 0 Å². The van der Waals surface area contributed by atoms with Gasteiger partial charge in [-0.05, 0) is 33.9 Å². The van der Waals surface area contributed by atoms with Crippen molar-refractivity contribution in [1.82, 2.24) is 4.90 Å². The third-order valence-electron chi connectivity index (χ3n) is 2.80. The predicted octanol–water partition coefficient (Wildman–Crippen LogP) is 3.05. The van der Waals surface area contributed by atoms with E-state index in [2.05, 4.69) is 24.6 Å². The van der Waals surface area contributed by atoms with Gasteiger partial charge in [0.15, 0.2) is 0 Å². The van der Waals surface area contributed by atoms with Crippen molar-refractivity contribution in [3.05, 3.63) is 37.0 Å². The number of rotatable bonds is 12. The molecule has 0 amide bonds. The molecule has 0 saturated heterocycles. The summed E-state index contributed by atoms with van der Waals surface area (Å²) in [5.41, 5.74) is 2.09. The molecule has 0 bridgehead atoms. The van der Waals surface area contributed by atoms with Crippen LogP contribution >= 0.6 is 0 Å². The molecule has 0 heterocycles. The van der Waals surface area contributed by atoms with Crippen LogP contribution in [0.5, 0.6) is 0 Å². The quantitative estimate of drug-likeness (QED) is 0.308. The Labute approximate surface area is 118 Å². The molecule has 0 aliphatic rings. The van der Waals surface area contributed by atoms with Gasteiger partial charge in [0.2, 0.25) is 0 Å². The summed E-state index contributed by atoms with van der Waals surface area (Å²) in [6, 6.07) is 0. The van der Waals surface area contributed by atoms with Crippen molar-refractivity contribution in [2.75, 3.05) is 40.5 Å². The van der Waals surface area contributed by atoms with Crippen LogP contribution in [0.2, 0.25) is 0 Å². The zero-order valence-corrected chi connectivity index (χ0v) is 12.8. The summed E-state index contributed by atoms with van der Waals surface area (Å²) >= 11 is 0. The molecule has 0 aromatic heterocycles. The molecule has 0 aliphatic carbocycles. The fraction of sp³-hybridized carbons (Fsp3) is 0.625. The second-order valence-corrected chi connectivity index (χ2v) is 5.02. The highest BCUT2D eigenvalue weighted by atomic mass is 16.5. The molecule has 110 valence electrons. The topological polar surface area (TPSA) is 21.7 Å². The fourth-order valence-corrected chi connectivity index (χ4v) is 1.49. The van der Waals surface area contributed by atoms with Gasteiger partial charge in [0.25, 0.3) is 0 Å². The minimum Gasteiger partial charge on any atom is -0.378 e.